The fourth-order valence-electron chi connectivity index (χ4n) is 2.19. The van der Waals surface area contributed by atoms with Crippen LogP contribution >= 0.6 is 11.6 Å². The Bertz CT molecular complexity index is 658. The van der Waals surface area contributed by atoms with Crippen LogP contribution in [0, 0.1) is 0 Å². The summed E-state index contributed by atoms with van der Waals surface area (Å²) in [7, 11) is 0.585. The van der Waals surface area contributed by atoms with Crippen LogP contribution in [0.4, 0.5) is 0 Å². The van der Waals surface area contributed by atoms with Gasteiger partial charge in [0.15, 0.2) is 0 Å². The van der Waals surface area contributed by atoms with Crippen molar-refractivity contribution in [3.8, 4) is 0 Å². The van der Waals surface area contributed by atoms with Crippen molar-refractivity contribution in [2.45, 2.75) is 38.9 Å². The predicted molar refractivity (Wildman–Crippen MR) is 91.7 cm³/mol. The van der Waals surface area contributed by atoms with Crippen molar-refractivity contribution in [1.29, 1.82) is 0 Å². The number of nitrogens with zero attached hydrogens (tertiary/aromatic N) is 1. The summed E-state index contributed by atoms with van der Waals surface area (Å²) in [4.78, 5) is 15.7. The molecule has 2 heterocycles. The number of aliphatic hydroxyl groups excluding tert-OH is 1. The van der Waals surface area contributed by atoms with Gasteiger partial charge in [-0.25, -0.2) is 9.78 Å². The number of methoxy groups -OCH3 is 1. The summed E-state index contributed by atoms with van der Waals surface area (Å²) in [6.07, 6.45) is 3.16. The third kappa shape index (κ3) is 3.64. The monoisotopic (exact) mass is 353 g/mol. The highest BCUT2D eigenvalue weighted by Gasteiger charge is 2.52. The van der Waals surface area contributed by atoms with Crippen molar-refractivity contribution in [1.82, 2.24) is 4.98 Å². The van der Waals surface area contributed by atoms with Gasteiger partial charge in [-0.2, -0.15) is 0 Å². The first-order valence-corrected chi connectivity index (χ1v) is 7.90. The number of aromatic nitrogens is 1. The van der Waals surface area contributed by atoms with Crippen molar-refractivity contribution in [3.63, 3.8) is 0 Å². The van der Waals surface area contributed by atoms with Gasteiger partial charge in [0, 0.05) is 6.20 Å². The van der Waals surface area contributed by atoms with E-state index in [4.69, 9.17) is 20.9 Å². The lowest BCUT2D eigenvalue weighted by Gasteiger charge is -2.32. The molecule has 0 unspecified atom stereocenters. The molecule has 0 bridgehead atoms. The zero-order valence-electron chi connectivity index (χ0n) is 14.4. The lowest BCUT2D eigenvalue weighted by atomic mass is 9.77. The van der Waals surface area contributed by atoms with E-state index in [1.807, 2.05) is 27.7 Å². The molecule has 1 fully saturated rings. The lowest BCUT2D eigenvalue weighted by Crippen LogP contribution is -2.41. The summed E-state index contributed by atoms with van der Waals surface area (Å²) in [5.74, 6) is -0.580. The van der Waals surface area contributed by atoms with Gasteiger partial charge < -0.3 is 19.2 Å². The molecule has 6 nitrogen and oxygen atoms in total. The minimum absolute atomic E-state index is 0.0557. The average Bonchev–Trinajstić information content (AvgIpc) is 2.73. The quantitative estimate of drug-likeness (QED) is 0.509. The number of esters is 1. The Morgan fingerprint density at radius 1 is 1.38 bits per heavy atom. The molecule has 1 aliphatic heterocycles. The zero-order valence-corrected chi connectivity index (χ0v) is 15.2. The Kier molecular flexibility index (Phi) is 5.39. The summed E-state index contributed by atoms with van der Waals surface area (Å²) in [5, 5.41) is 9.76. The lowest BCUT2D eigenvalue weighted by molar-refractivity contribution is 0.00578. The van der Waals surface area contributed by atoms with E-state index in [2.05, 4.69) is 9.72 Å². The van der Waals surface area contributed by atoms with Crippen LogP contribution in [0.5, 0.6) is 0 Å². The van der Waals surface area contributed by atoms with Gasteiger partial charge in [-0.3, -0.25) is 0 Å². The summed E-state index contributed by atoms with van der Waals surface area (Å²) >= 11 is 5.91. The van der Waals surface area contributed by atoms with Gasteiger partial charge in [-0.1, -0.05) is 17.7 Å². The molecule has 0 aromatic carbocycles. The largest absolute Gasteiger partial charge is 0.492 e. The average molecular weight is 354 g/mol. The second-order valence-corrected chi connectivity index (χ2v) is 6.92. The Labute approximate surface area is 146 Å². The SMILES string of the molecule is COC(=O)c1cc(C=C(CO)B2OC(C)(C)C(C)(C)O2)cnc1Cl. The first-order chi connectivity index (χ1) is 11.1. The first-order valence-electron chi connectivity index (χ1n) is 7.52. The maximum Gasteiger partial charge on any atom is 0.492 e. The third-order valence-corrected chi connectivity index (χ3v) is 4.66. The normalized spacial score (nSPS) is 19.5. The number of rotatable bonds is 4. The van der Waals surface area contributed by atoms with Crippen LogP contribution in [0.1, 0.15) is 43.6 Å². The van der Waals surface area contributed by atoms with E-state index < -0.39 is 24.3 Å². The molecular formula is C16H21BClNO5. The number of hydrogen-bond donors (Lipinski definition) is 1. The van der Waals surface area contributed by atoms with Gasteiger partial charge in [0.1, 0.15) is 5.15 Å². The fraction of sp³-hybridized carbons (Fsp3) is 0.500. The van der Waals surface area contributed by atoms with Crippen molar-refractivity contribution in [3.05, 3.63) is 34.0 Å². The fourth-order valence-corrected chi connectivity index (χ4v) is 2.37. The van der Waals surface area contributed by atoms with Gasteiger partial charge in [-0.15, -0.1) is 0 Å². The predicted octanol–water partition coefficient (Wildman–Crippen LogP) is 2.53. The minimum Gasteiger partial charge on any atom is -0.465 e. The third-order valence-electron chi connectivity index (χ3n) is 4.36. The molecular weight excluding hydrogens is 332 g/mol. The molecule has 8 heteroatoms. The van der Waals surface area contributed by atoms with E-state index in [1.54, 1.807) is 12.1 Å². The molecule has 1 aromatic rings. The van der Waals surface area contributed by atoms with E-state index in [1.165, 1.54) is 13.3 Å². The zero-order chi connectivity index (χ0) is 18.1. The van der Waals surface area contributed by atoms with Gasteiger partial charge in [0.2, 0.25) is 0 Å². The highest BCUT2D eigenvalue weighted by molar-refractivity contribution is 6.55. The van der Waals surface area contributed by atoms with E-state index in [-0.39, 0.29) is 17.3 Å². The first kappa shape index (κ1) is 18.9. The number of carbonyl (C=O) groups excluding carboxylic acids is 1. The summed E-state index contributed by atoms with van der Waals surface area (Å²) < 4.78 is 16.5. The van der Waals surface area contributed by atoms with Crippen LogP contribution in [-0.4, -0.2) is 48.1 Å². The maximum absolute atomic E-state index is 11.7. The van der Waals surface area contributed by atoms with E-state index in [0.717, 1.165) is 0 Å². The number of aliphatic hydroxyl groups is 1. The molecule has 0 spiro atoms. The minimum atomic E-state index is -0.683. The molecule has 24 heavy (non-hydrogen) atoms. The number of pyridine rings is 1. The molecule has 130 valence electrons. The molecule has 2 rings (SSSR count). The van der Waals surface area contributed by atoms with E-state index >= 15 is 0 Å². The number of ether oxygens (including phenoxy) is 1. The Morgan fingerprint density at radius 2 is 1.96 bits per heavy atom. The molecule has 0 amide bonds. The van der Waals surface area contributed by atoms with Crippen molar-refractivity contribution >= 4 is 30.8 Å². The smallest absolute Gasteiger partial charge is 0.465 e. The topological polar surface area (TPSA) is 77.9 Å². The van der Waals surface area contributed by atoms with Crippen molar-refractivity contribution in [2.75, 3.05) is 13.7 Å². The van der Waals surface area contributed by atoms with Crippen LogP contribution in [0.15, 0.2) is 17.7 Å². The Balaban J connectivity index is 2.34. The van der Waals surface area contributed by atoms with Crippen molar-refractivity contribution < 1.29 is 23.9 Å². The molecule has 1 aliphatic rings. The summed E-state index contributed by atoms with van der Waals surface area (Å²) in [6.45, 7) is 7.47. The van der Waals surface area contributed by atoms with E-state index in [0.29, 0.717) is 11.0 Å². The second-order valence-electron chi connectivity index (χ2n) is 6.56. The van der Waals surface area contributed by atoms with Crippen LogP contribution in [0.3, 0.4) is 0 Å². The molecule has 0 atom stereocenters. The number of halogens is 1. The van der Waals surface area contributed by atoms with Crippen LogP contribution < -0.4 is 0 Å². The molecule has 1 aromatic heterocycles. The molecule has 1 N–H and O–H groups in total. The van der Waals surface area contributed by atoms with Crippen LogP contribution in [-0.2, 0) is 14.0 Å². The van der Waals surface area contributed by atoms with Gasteiger partial charge >= 0.3 is 13.1 Å². The van der Waals surface area contributed by atoms with Crippen LogP contribution in [0.25, 0.3) is 6.08 Å². The second kappa shape index (κ2) is 6.84. The Hall–Kier alpha value is -1.41. The molecule has 1 saturated heterocycles. The summed E-state index contributed by atoms with van der Waals surface area (Å²) in [5.41, 5.74) is 0.231. The summed E-state index contributed by atoms with van der Waals surface area (Å²) in [6, 6.07) is 1.54. The highest BCUT2D eigenvalue weighted by atomic mass is 35.5. The van der Waals surface area contributed by atoms with Gasteiger partial charge in [0.25, 0.3) is 0 Å². The number of hydrogen-bond acceptors (Lipinski definition) is 6. The Morgan fingerprint density at radius 3 is 2.46 bits per heavy atom. The van der Waals surface area contributed by atoms with Crippen LogP contribution in [0.2, 0.25) is 5.15 Å². The number of carbonyl (C=O) groups is 1. The van der Waals surface area contributed by atoms with Gasteiger partial charge in [-0.05, 0) is 44.8 Å². The molecule has 0 aliphatic carbocycles. The maximum atomic E-state index is 11.7. The van der Waals surface area contributed by atoms with Gasteiger partial charge in [0.05, 0.1) is 30.5 Å². The molecule has 0 saturated carbocycles. The highest BCUT2D eigenvalue weighted by Crippen LogP contribution is 2.38. The standard InChI is InChI=1S/C16H21BClNO5/c1-15(2)16(3,4)24-17(23-15)11(9-20)6-10-7-12(14(21)22-5)13(18)19-8-10/h6-8,20H,9H2,1-5H3. The van der Waals surface area contributed by atoms with Crippen molar-refractivity contribution in [2.24, 2.45) is 0 Å². The molecule has 0 radical (unpaired) electrons. The van der Waals surface area contributed by atoms with E-state index in [9.17, 15) is 9.90 Å².